The Balaban J connectivity index is 1.37. The molecular formula is C34H35N3O5. The molecule has 8 nitrogen and oxygen atoms in total. The fraction of sp³-hybridized carbons (Fsp3) is 0.324. The Morgan fingerprint density at radius 2 is 1.74 bits per heavy atom. The molecule has 2 N–H and O–H groups in total. The molecule has 0 radical (unpaired) electrons. The number of hydrogen-bond acceptors (Lipinski definition) is 5. The summed E-state index contributed by atoms with van der Waals surface area (Å²) in [6.07, 6.45) is 6.21. The van der Waals surface area contributed by atoms with Crippen molar-refractivity contribution in [3.05, 3.63) is 96.1 Å². The zero-order chi connectivity index (χ0) is 29.4. The van der Waals surface area contributed by atoms with Gasteiger partial charge in [0.15, 0.2) is 5.60 Å². The van der Waals surface area contributed by atoms with Crippen LogP contribution in [0.3, 0.4) is 0 Å². The van der Waals surface area contributed by atoms with E-state index in [1.54, 1.807) is 41.0 Å². The van der Waals surface area contributed by atoms with Gasteiger partial charge >= 0.3 is 0 Å². The summed E-state index contributed by atoms with van der Waals surface area (Å²) in [6.45, 7) is 2.33. The molecule has 8 heteroatoms. The van der Waals surface area contributed by atoms with Gasteiger partial charge in [0, 0.05) is 42.2 Å². The number of aryl methyl sites for hydroxylation is 1. The summed E-state index contributed by atoms with van der Waals surface area (Å²) in [7, 11) is 0. The van der Waals surface area contributed by atoms with Crippen molar-refractivity contribution in [1.29, 1.82) is 0 Å². The van der Waals surface area contributed by atoms with Crippen molar-refractivity contribution in [1.82, 2.24) is 4.90 Å². The Hall–Kier alpha value is -4.27. The number of aliphatic hydroxyl groups excluding tert-OH is 1. The van der Waals surface area contributed by atoms with E-state index in [9.17, 15) is 24.6 Å². The molecule has 3 aliphatic heterocycles. The Kier molecular flexibility index (Phi) is 7.43. The van der Waals surface area contributed by atoms with Gasteiger partial charge in [-0.1, -0.05) is 55.5 Å². The zero-order valence-electron chi connectivity index (χ0n) is 23.6. The standard InChI is InChI=1S/C34H35N3O5/c1-23(9-7-15-31(39)35-20-8-13-27(35)22-38)34(42)28-21-26(36-29-14-6-5-10-24(29)16-19-32(36)40)17-18-30(28)37(33(34)41)25-11-3-2-4-12-25/h2-7,9-12,14,17-18,21,23,27,38,42H,8,13,15-16,19-20,22H2,1H3/b9-7+/t23-,27-,34+/m0/s1. The quantitative estimate of drug-likeness (QED) is 0.404. The lowest BCUT2D eigenvalue weighted by Gasteiger charge is -2.31. The minimum Gasteiger partial charge on any atom is -0.394 e. The van der Waals surface area contributed by atoms with Crippen LogP contribution in [0.2, 0.25) is 0 Å². The van der Waals surface area contributed by atoms with Crippen LogP contribution in [-0.2, 0) is 26.4 Å². The van der Waals surface area contributed by atoms with E-state index in [0.717, 1.165) is 24.1 Å². The minimum atomic E-state index is -1.93. The molecule has 3 aliphatic rings. The maximum Gasteiger partial charge on any atom is 0.268 e. The maximum atomic E-state index is 14.1. The number of benzene rings is 3. The lowest BCUT2D eigenvalue weighted by atomic mass is 9.82. The van der Waals surface area contributed by atoms with Gasteiger partial charge in [0.1, 0.15) is 0 Å². The number of fused-ring (bicyclic) bond motifs is 2. The minimum absolute atomic E-state index is 0.0454. The molecule has 1 fully saturated rings. The van der Waals surface area contributed by atoms with Crippen molar-refractivity contribution >= 4 is 40.5 Å². The van der Waals surface area contributed by atoms with Crippen LogP contribution < -0.4 is 9.80 Å². The van der Waals surface area contributed by atoms with Crippen LogP contribution in [-0.4, -0.2) is 52.0 Å². The highest BCUT2D eigenvalue weighted by atomic mass is 16.3. The molecule has 0 unspecified atom stereocenters. The predicted octanol–water partition coefficient (Wildman–Crippen LogP) is 4.73. The Labute approximate surface area is 245 Å². The number of amides is 3. The first-order valence-electron chi connectivity index (χ1n) is 14.6. The first kappa shape index (κ1) is 27.9. The highest BCUT2D eigenvalue weighted by Gasteiger charge is 2.53. The molecule has 3 aromatic carbocycles. The van der Waals surface area contributed by atoms with E-state index in [0.29, 0.717) is 42.0 Å². The summed E-state index contributed by atoms with van der Waals surface area (Å²) in [5.41, 5.74) is 2.11. The lowest BCUT2D eigenvalue weighted by Crippen LogP contribution is -2.43. The van der Waals surface area contributed by atoms with Gasteiger partial charge in [0.05, 0.1) is 24.0 Å². The van der Waals surface area contributed by atoms with E-state index in [1.165, 1.54) is 4.90 Å². The van der Waals surface area contributed by atoms with Gasteiger partial charge in [0.2, 0.25) is 11.8 Å². The second-order valence-electron chi connectivity index (χ2n) is 11.3. The van der Waals surface area contributed by atoms with Crippen molar-refractivity contribution in [2.45, 2.75) is 50.7 Å². The number of rotatable bonds is 7. The summed E-state index contributed by atoms with van der Waals surface area (Å²) in [5, 5.41) is 21.9. The van der Waals surface area contributed by atoms with Gasteiger partial charge in [-0.15, -0.1) is 0 Å². The number of likely N-dealkylation sites (tertiary alicyclic amines) is 1. The van der Waals surface area contributed by atoms with E-state index in [4.69, 9.17) is 0 Å². The third-order valence-corrected chi connectivity index (χ3v) is 8.81. The number of carbonyl (C=O) groups excluding carboxylic acids is 3. The smallest absolute Gasteiger partial charge is 0.268 e. The fourth-order valence-corrected chi connectivity index (χ4v) is 6.53. The molecule has 0 bridgehead atoms. The number of para-hydroxylation sites is 2. The summed E-state index contributed by atoms with van der Waals surface area (Å²) >= 11 is 0. The third-order valence-electron chi connectivity index (χ3n) is 8.81. The number of carbonyl (C=O) groups is 3. The predicted molar refractivity (Wildman–Crippen MR) is 161 cm³/mol. The second kappa shape index (κ2) is 11.2. The average Bonchev–Trinajstić information content (AvgIpc) is 3.58. The molecule has 6 rings (SSSR count). The van der Waals surface area contributed by atoms with Gasteiger partial charge in [-0.05, 0) is 61.2 Å². The van der Waals surface area contributed by atoms with Gasteiger partial charge in [-0.3, -0.25) is 24.2 Å². The number of anilines is 4. The molecule has 216 valence electrons. The van der Waals surface area contributed by atoms with E-state index in [-0.39, 0.29) is 30.9 Å². The van der Waals surface area contributed by atoms with E-state index < -0.39 is 17.4 Å². The van der Waals surface area contributed by atoms with Crippen LogP contribution in [0.5, 0.6) is 0 Å². The molecule has 0 spiro atoms. The van der Waals surface area contributed by atoms with Crippen molar-refractivity contribution < 1.29 is 24.6 Å². The Morgan fingerprint density at radius 3 is 2.52 bits per heavy atom. The maximum absolute atomic E-state index is 14.1. The molecular weight excluding hydrogens is 530 g/mol. The zero-order valence-corrected chi connectivity index (χ0v) is 23.6. The molecule has 3 atom stereocenters. The molecule has 3 heterocycles. The van der Waals surface area contributed by atoms with Gasteiger partial charge in [0.25, 0.3) is 5.91 Å². The molecule has 3 amide bonds. The fourth-order valence-electron chi connectivity index (χ4n) is 6.53. The largest absolute Gasteiger partial charge is 0.394 e. The molecule has 3 aromatic rings. The SMILES string of the molecule is C[C@@H](/C=C/CC(=O)N1CCC[C@H]1CO)[C@]1(O)C(=O)N(c2ccccc2)c2ccc(N3C(=O)CCc4ccccc43)cc21. The van der Waals surface area contributed by atoms with E-state index in [2.05, 4.69) is 0 Å². The first-order valence-corrected chi connectivity index (χ1v) is 14.6. The van der Waals surface area contributed by atoms with E-state index in [1.807, 2.05) is 60.7 Å². The molecule has 0 aromatic heterocycles. The molecule has 0 saturated carbocycles. The third kappa shape index (κ3) is 4.61. The van der Waals surface area contributed by atoms with Crippen LogP contribution in [0.25, 0.3) is 0 Å². The van der Waals surface area contributed by atoms with Crippen LogP contribution in [0.4, 0.5) is 22.7 Å². The summed E-state index contributed by atoms with van der Waals surface area (Å²) in [5.74, 6) is -1.31. The topological polar surface area (TPSA) is 101 Å². The van der Waals surface area contributed by atoms with Crippen molar-refractivity contribution in [3.8, 4) is 0 Å². The second-order valence-corrected chi connectivity index (χ2v) is 11.3. The molecule has 0 aliphatic carbocycles. The van der Waals surface area contributed by atoms with Gasteiger partial charge in [-0.2, -0.15) is 0 Å². The van der Waals surface area contributed by atoms with Crippen molar-refractivity contribution in [3.63, 3.8) is 0 Å². The van der Waals surface area contributed by atoms with Crippen LogP contribution >= 0.6 is 0 Å². The van der Waals surface area contributed by atoms with Crippen molar-refractivity contribution in [2.75, 3.05) is 23.0 Å². The van der Waals surface area contributed by atoms with Crippen LogP contribution in [0, 0.1) is 5.92 Å². The summed E-state index contributed by atoms with van der Waals surface area (Å²) in [6, 6.07) is 22.2. The summed E-state index contributed by atoms with van der Waals surface area (Å²) < 4.78 is 0. The number of aliphatic hydroxyl groups is 2. The van der Waals surface area contributed by atoms with E-state index >= 15 is 0 Å². The Bertz CT molecular complexity index is 1550. The van der Waals surface area contributed by atoms with Crippen molar-refractivity contribution in [2.24, 2.45) is 5.92 Å². The monoisotopic (exact) mass is 565 g/mol. The first-order chi connectivity index (χ1) is 20.3. The lowest BCUT2D eigenvalue weighted by molar-refractivity contribution is -0.138. The van der Waals surface area contributed by atoms with Crippen LogP contribution in [0.1, 0.15) is 43.7 Å². The van der Waals surface area contributed by atoms with Gasteiger partial charge < -0.3 is 15.1 Å². The summed E-state index contributed by atoms with van der Waals surface area (Å²) in [4.78, 5) is 45.0. The molecule has 42 heavy (non-hydrogen) atoms. The number of hydrogen-bond donors (Lipinski definition) is 2. The Morgan fingerprint density at radius 1 is 0.976 bits per heavy atom. The van der Waals surface area contributed by atoms with Crippen LogP contribution in [0.15, 0.2) is 84.9 Å². The normalized spacial score (nSPS) is 22.5. The highest BCUT2D eigenvalue weighted by molar-refractivity contribution is 6.13. The highest BCUT2D eigenvalue weighted by Crippen LogP contribution is 2.50. The van der Waals surface area contributed by atoms with Gasteiger partial charge in [-0.25, -0.2) is 0 Å². The number of nitrogens with zero attached hydrogens (tertiary/aromatic N) is 3. The average molecular weight is 566 g/mol. The molecule has 1 saturated heterocycles.